The fraction of sp³-hybridized carbons (Fsp3) is 0.846. The third kappa shape index (κ3) is 3.15. The molecule has 0 spiro atoms. The van der Waals surface area contributed by atoms with Crippen LogP contribution in [0.4, 0.5) is 4.79 Å². The van der Waals surface area contributed by atoms with Crippen LogP contribution in [0.15, 0.2) is 0 Å². The molecule has 104 valence electrons. The molecule has 0 atom stereocenters. The molecule has 5 heteroatoms. The molecule has 0 aromatic heterocycles. The molecule has 0 bridgehead atoms. The molecular weight excluding hydrogens is 232 g/mol. The molecule has 1 aliphatic rings. The van der Waals surface area contributed by atoms with Gasteiger partial charge in [-0.15, -0.1) is 0 Å². The minimum Gasteiger partial charge on any atom is -0.481 e. The summed E-state index contributed by atoms with van der Waals surface area (Å²) in [7, 11) is 0. The van der Waals surface area contributed by atoms with Crippen LogP contribution in [0.1, 0.15) is 52.9 Å². The Morgan fingerprint density at radius 2 is 1.83 bits per heavy atom. The molecule has 0 heterocycles. The summed E-state index contributed by atoms with van der Waals surface area (Å²) < 4.78 is 0. The van der Waals surface area contributed by atoms with Crippen molar-refractivity contribution in [1.29, 1.82) is 0 Å². The second kappa shape index (κ2) is 5.59. The Balaban J connectivity index is 2.44. The molecule has 5 nitrogen and oxygen atoms in total. The van der Waals surface area contributed by atoms with Gasteiger partial charge in [-0.05, 0) is 32.6 Å². The molecule has 0 aromatic rings. The second-order valence-corrected chi connectivity index (χ2v) is 5.51. The molecule has 1 saturated carbocycles. The van der Waals surface area contributed by atoms with E-state index < -0.39 is 11.4 Å². The number of hydrogen-bond acceptors (Lipinski definition) is 2. The van der Waals surface area contributed by atoms with Gasteiger partial charge in [0.05, 0.1) is 5.41 Å². The molecule has 0 aliphatic heterocycles. The Morgan fingerprint density at radius 3 is 2.17 bits per heavy atom. The van der Waals surface area contributed by atoms with E-state index in [1.165, 1.54) is 0 Å². The van der Waals surface area contributed by atoms with E-state index in [1.54, 1.807) is 0 Å². The molecule has 1 rings (SSSR count). The summed E-state index contributed by atoms with van der Waals surface area (Å²) in [6.45, 7) is 6.25. The van der Waals surface area contributed by atoms with Crippen molar-refractivity contribution in [3.05, 3.63) is 0 Å². The zero-order valence-electron chi connectivity index (χ0n) is 11.5. The number of rotatable bonds is 6. The van der Waals surface area contributed by atoms with E-state index in [2.05, 4.69) is 10.6 Å². The summed E-state index contributed by atoms with van der Waals surface area (Å²) in [6, 6.07) is -0.270. The van der Waals surface area contributed by atoms with Gasteiger partial charge < -0.3 is 15.7 Å². The van der Waals surface area contributed by atoms with Gasteiger partial charge in [-0.1, -0.05) is 20.3 Å². The number of carboxylic acids is 1. The lowest BCUT2D eigenvalue weighted by Gasteiger charge is -2.38. The maximum atomic E-state index is 11.8. The van der Waals surface area contributed by atoms with Crippen LogP contribution in [0, 0.1) is 5.41 Å². The molecule has 0 radical (unpaired) electrons. The molecular formula is C13H24N2O3. The van der Waals surface area contributed by atoms with Crippen LogP contribution < -0.4 is 10.6 Å². The molecule has 2 amide bonds. The van der Waals surface area contributed by atoms with Crippen molar-refractivity contribution in [3.63, 3.8) is 0 Å². The zero-order chi connectivity index (χ0) is 13.8. The largest absolute Gasteiger partial charge is 0.481 e. The summed E-state index contributed by atoms with van der Waals surface area (Å²) >= 11 is 0. The first kappa shape index (κ1) is 14.8. The van der Waals surface area contributed by atoms with Crippen LogP contribution in [-0.4, -0.2) is 29.2 Å². The third-order valence-corrected chi connectivity index (χ3v) is 4.33. The molecule has 18 heavy (non-hydrogen) atoms. The smallest absolute Gasteiger partial charge is 0.315 e. The monoisotopic (exact) mass is 256 g/mol. The number of nitrogens with one attached hydrogen (secondary N) is 2. The first-order valence-electron chi connectivity index (χ1n) is 6.67. The van der Waals surface area contributed by atoms with E-state index in [1.807, 2.05) is 20.8 Å². The van der Waals surface area contributed by atoms with E-state index in [4.69, 9.17) is 5.11 Å². The van der Waals surface area contributed by atoms with E-state index in [9.17, 15) is 9.59 Å². The van der Waals surface area contributed by atoms with E-state index in [0.717, 1.165) is 19.3 Å². The van der Waals surface area contributed by atoms with Crippen molar-refractivity contribution < 1.29 is 14.7 Å². The van der Waals surface area contributed by atoms with Crippen molar-refractivity contribution in [2.24, 2.45) is 5.41 Å². The SMILES string of the molecule is CCC(C)(CC)NC(=O)NCC1(C(=O)O)CCC1. The van der Waals surface area contributed by atoms with Gasteiger partial charge in [0.15, 0.2) is 0 Å². The quantitative estimate of drug-likeness (QED) is 0.681. The van der Waals surface area contributed by atoms with Gasteiger partial charge in [-0.3, -0.25) is 4.79 Å². The van der Waals surface area contributed by atoms with Crippen LogP contribution in [0.5, 0.6) is 0 Å². The highest BCUT2D eigenvalue weighted by atomic mass is 16.4. The van der Waals surface area contributed by atoms with Crippen molar-refractivity contribution in [1.82, 2.24) is 10.6 Å². The van der Waals surface area contributed by atoms with Crippen molar-refractivity contribution in [2.75, 3.05) is 6.54 Å². The highest BCUT2D eigenvalue weighted by Crippen LogP contribution is 2.40. The number of hydrogen-bond donors (Lipinski definition) is 3. The normalized spacial score (nSPS) is 17.7. The second-order valence-electron chi connectivity index (χ2n) is 5.51. The Labute approximate surface area is 108 Å². The van der Waals surface area contributed by atoms with Crippen molar-refractivity contribution >= 4 is 12.0 Å². The van der Waals surface area contributed by atoms with Gasteiger partial charge in [0.25, 0.3) is 0 Å². The third-order valence-electron chi connectivity index (χ3n) is 4.33. The predicted octanol–water partition coefficient (Wildman–Crippen LogP) is 2.12. The van der Waals surface area contributed by atoms with Crippen LogP contribution in [0.25, 0.3) is 0 Å². The number of amides is 2. The Morgan fingerprint density at radius 1 is 1.28 bits per heavy atom. The van der Waals surface area contributed by atoms with Crippen LogP contribution in [0.3, 0.4) is 0 Å². The summed E-state index contributed by atoms with van der Waals surface area (Å²) in [6.07, 6.45) is 3.93. The van der Waals surface area contributed by atoms with E-state index in [-0.39, 0.29) is 18.1 Å². The molecule has 3 N–H and O–H groups in total. The Kier molecular flexibility index (Phi) is 4.59. The summed E-state index contributed by atoms with van der Waals surface area (Å²) in [5.41, 5.74) is -0.952. The lowest BCUT2D eigenvalue weighted by molar-refractivity contribution is -0.153. The minimum absolute atomic E-state index is 0.220. The standard InChI is InChI=1S/C13H24N2O3/c1-4-12(3,5-2)15-11(18)14-9-13(10(16)17)7-6-8-13/h4-9H2,1-3H3,(H,16,17)(H2,14,15,18). The number of carboxylic acid groups (broad SMARTS) is 1. The van der Waals surface area contributed by atoms with Crippen LogP contribution in [-0.2, 0) is 4.79 Å². The maximum absolute atomic E-state index is 11.8. The fourth-order valence-corrected chi connectivity index (χ4v) is 2.06. The van der Waals surface area contributed by atoms with Gasteiger partial charge in [-0.25, -0.2) is 4.79 Å². The fourth-order valence-electron chi connectivity index (χ4n) is 2.06. The number of aliphatic carboxylic acids is 1. The Hall–Kier alpha value is -1.26. The average Bonchev–Trinajstić information content (AvgIpc) is 2.27. The van der Waals surface area contributed by atoms with Gasteiger partial charge >= 0.3 is 12.0 Å². The van der Waals surface area contributed by atoms with E-state index in [0.29, 0.717) is 12.8 Å². The highest BCUT2D eigenvalue weighted by Gasteiger charge is 2.44. The van der Waals surface area contributed by atoms with Crippen molar-refractivity contribution in [3.8, 4) is 0 Å². The number of urea groups is 1. The number of carbonyl (C=O) groups is 2. The van der Waals surface area contributed by atoms with Gasteiger partial charge in [0, 0.05) is 12.1 Å². The predicted molar refractivity (Wildman–Crippen MR) is 69.4 cm³/mol. The average molecular weight is 256 g/mol. The summed E-state index contributed by atoms with van der Waals surface area (Å²) in [5, 5.41) is 14.8. The first-order chi connectivity index (χ1) is 8.37. The van der Waals surface area contributed by atoms with Gasteiger partial charge in [0.2, 0.25) is 0 Å². The lowest BCUT2D eigenvalue weighted by Crippen LogP contribution is -2.54. The molecule has 1 aliphatic carbocycles. The lowest BCUT2D eigenvalue weighted by atomic mass is 9.69. The topological polar surface area (TPSA) is 78.4 Å². The van der Waals surface area contributed by atoms with Gasteiger partial charge in [0.1, 0.15) is 0 Å². The summed E-state index contributed by atoms with van der Waals surface area (Å²) in [5.74, 6) is -0.803. The Bertz CT molecular complexity index is 320. The highest BCUT2D eigenvalue weighted by molar-refractivity contribution is 5.79. The summed E-state index contributed by atoms with van der Waals surface area (Å²) in [4.78, 5) is 22.9. The molecule has 0 aromatic carbocycles. The van der Waals surface area contributed by atoms with Gasteiger partial charge in [-0.2, -0.15) is 0 Å². The zero-order valence-corrected chi connectivity index (χ0v) is 11.5. The maximum Gasteiger partial charge on any atom is 0.315 e. The van der Waals surface area contributed by atoms with Crippen LogP contribution >= 0.6 is 0 Å². The van der Waals surface area contributed by atoms with Crippen LogP contribution in [0.2, 0.25) is 0 Å². The first-order valence-corrected chi connectivity index (χ1v) is 6.67. The van der Waals surface area contributed by atoms with E-state index >= 15 is 0 Å². The molecule has 1 fully saturated rings. The molecule has 0 saturated heterocycles. The molecule has 0 unspecified atom stereocenters. The number of carbonyl (C=O) groups excluding carboxylic acids is 1. The minimum atomic E-state index is -0.803. The van der Waals surface area contributed by atoms with Crippen molar-refractivity contribution in [2.45, 2.75) is 58.4 Å².